The Morgan fingerprint density at radius 1 is 1.41 bits per heavy atom. The molecule has 0 aromatic carbocycles. The lowest BCUT2D eigenvalue weighted by atomic mass is 9.61. The van der Waals surface area contributed by atoms with Crippen LogP contribution >= 0.6 is 0 Å². The van der Waals surface area contributed by atoms with Gasteiger partial charge < -0.3 is 14.8 Å². The summed E-state index contributed by atoms with van der Waals surface area (Å²) < 4.78 is 11.4. The Bertz CT molecular complexity index is 240. The van der Waals surface area contributed by atoms with Gasteiger partial charge in [-0.25, -0.2) is 0 Å². The molecule has 1 aliphatic carbocycles. The van der Waals surface area contributed by atoms with E-state index in [1.165, 1.54) is 19.3 Å². The number of rotatable bonds is 5. The zero-order valence-corrected chi connectivity index (χ0v) is 11.5. The Morgan fingerprint density at radius 2 is 2.24 bits per heavy atom. The average molecular weight is 241 g/mol. The molecule has 3 nitrogen and oxygen atoms in total. The van der Waals surface area contributed by atoms with E-state index in [4.69, 9.17) is 9.47 Å². The molecule has 1 N–H and O–H groups in total. The van der Waals surface area contributed by atoms with Crippen molar-refractivity contribution < 1.29 is 9.47 Å². The Morgan fingerprint density at radius 3 is 2.82 bits per heavy atom. The van der Waals surface area contributed by atoms with Crippen LogP contribution in [0.15, 0.2) is 0 Å². The highest BCUT2D eigenvalue weighted by Crippen LogP contribution is 2.46. The van der Waals surface area contributed by atoms with Gasteiger partial charge in [-0.2, -0.15) is 0 Å². The maximum Gasteiger partial charge on any atom is 0.0658 e. The molecule has 4 atom stereocenters. The molecular weight excluding hydrogens is 214 g/mol. The normalized spacial score (nSPS) is 42.2. The predicted octanol–water partition coefficient (Wildman–Crippen LogP) is 2.35. The van der Waals surface area contributed by atoms with E-state index in [2.05, 4.69) is 26.1 Å². The molecule has 0 bridgehead atoms. The van der Waals surface area contributed by atoms with Gasteiger partial charge in [-0.3, -0.25) is 0 Å². The molecule has 2 fully saturated rings. The lowest BCUT2D eigenvalue weighted by Gasteiger charge is -2.55. The summed E-state index contributed by atoms with van der Waals surface area (Å²) in [6.07, 6.45) is 5.24. The first-order valence-electron chi connectivity index (χ1n) is 7.16. The van der Waals surface area contributed by atoms with Crippen LogP contribution in [0, 0.1) is 5.41 Å². The summed E-state index contributed by atoms with van der Waals surface area (Å²) in [5.74, 6) is 0. The molecular formula is C14H27NO2. The summed E-state index contributed by atoms with van der Waals surface area (Å²) in [6, 6.07) is 1.16. The zero-order chi connectivity index (χ0) is 12.3. The fraction of sp³-hybridized carbons (Fsp3) is 1.00. The van der Waals surface area contributed by atoms with Gasteiger partial charge in [-0.15, -0.1) is 0 Å². The standard InChI is InChI=1S/C14H27NO2/c1-4-14(3)12(9-13(14)17-5-2)15-11-7-6-8-16-10-11/h11-13,15H,4-10H2,1-3H3. The van der Waals surface area contributed by atoms with Gasteiger partial charge >= 0.3 is 0 Å². The van der Waals surface area contributed by atoms with Crippen LogP contribution in [0.4, 0.5) is 0 Å². The van der Waals surface area contributed by atoms with E-state index >= 15 is 0 Å². The van der Waals surface area contributed by atoms with Gasteiger partial charge in [0.15, 0.2) is 0 Å². The highest BCUT2D eigenvalue weighted by molar-refractivity contribution is 5.05. The first kappa shape index (κ1) is 13.3. The Labute approximate surface area is 105 Å². The predicted molar refractivity (Wildman–Crippen MR) is 69.2 cm³/mol. The van der Waals surface area contributed by atoms with E-state index in [-0.39, 0.29) is 0 Å². The molecule has 2 rings (SSSR count). The number of hydrogen-bond donors (Lipinski definition) is 1. The van der Waals surface area contributed by atoms with Crippen molar-refractivity contribution in [3.63, 3.8) is 0 Å². The second kappa shape index (κ2) is 5.68. The lowest BCUT2D eigenvalue weighted by Crippen LogP contribution is -2.64. The van der Waals surface area contributed by atoms with Crippen molar-refractivity contribution in [1.29, 1.82) is 0 Å². The fourth-order valence-electron chi connectivity index (χ4n) is 3.17. The molecule has 1 saturated carbocycles. The summed E-state index contributed by atoms with van der Waals surface area (Å²) in [7, 11) is 0. The summed E-state index contributed by atoms with van der Waals surface area (Å²) in [5.41, 5.74) is 0.313. The number of ether oxygens (including phenoxy) is 2. The maximum absolute atomic E-state index is 5.83. The summed E-state index contributed by atoms with van der Waals surface area (Å²) >= 11 is 0. The van der Waals surface area contributed by atoms with Crippen LogP contribution in [-0.2, 0) is 9.47 Å². The molecule has 1 saturated heterocycles. The Balaban J connectivity index is 1.85. The number of hydrogen-bond acceptors (Lipinski definition) is 3. The van der Waals surface area contributed by atoms with E-state index in [0.29, 0.717) is 23.6 Å². The van der Waals surface area contributed by atoms with Crippen molar-refractivity contribution in [2.24, 2.45) is 5.41 Å². The summed E-state index contributed by atoms with van der Waals surface area (Å²) in [4.78, 5) is 0. The quantitative estimate of drug-likeness (QED) is 0.801. The maximum atomic E-state index is 5.83. The van der Waals surface area contributed by atoms with Gasteiger partial charge in [0, 0.05) is 30.7 Å². The van der Waals surface area contributed by atoms with Crippen LogP contribution in [0.3, 0.4) is 0 Å². The van der Waals surface area contributed by atoms with Crippen LogP contribution < -0.4 is 5.32 Å². The Kier molecular flexibility index (Phi) is 4.45. The van der Waals surface area contributed by atoms with E-state index < -0.39 is 0 Å². The van der Waals surface area contributed by atoms with Gasteiger partial charge in [0.05, 0.1) is 12.7 Å². The topological polar surface area (TPSA) is 30.5 Å². The molecule has 2 aliphatic rings. The minimum Gasteiger partial charge on any atom is -0.380 e. The van der Waals surface area contributed by atoms with Crippen LogP contribution in [0.25, 0.3) is 0 Å². The minimum absolute atomic E-state index is 0.313. The molecule has 1 heterocycles. The highest BCUT2D eigenvalue weighted by Gasteiger charge is 2.51. The van der Waals surface area contributed by atoms with Crippen LogP contribution in [-0.4, -0.2) is 38.0 Å². The van der Waals surface area contributed by atoms with Crippen LogP contribution in [0.1, 0.15) is 46.5 Å². The highest BCUT2D eigenvalue weighted by atomic mass is 16.5. The average Bonchev–Trinajstić information content (AvgIpc) is 2.38. The third kappa shape index (κ3) is 2.67. The van der Waals surface area contributed by atoms with Gasteiger partial charge in [-0.1, -0.05) is 13.8 Å². The molecule has 17 heavy (non-hydrogen) atoms. The molecule has 100 valence electrons. The lowest BCUT2D eigenvalue weighted by molar-refractivity contribution is -0.131. The summed E-state index contributed by atoms with van der Waals surface area (Å²) in [6.45, 7) is 9.38. The number of nitrogens with one attached hydrogen (secondary N) is 1. The van der Waals surface area contributed by atoms with Crippen molar-refractivity contribution in [2.45, 2.75) is 64.6 Å². The van der Waals surface area contributed by atoms with Crippen LogP contribution in [0.5, 0.6) is 0 Å². The van der Waals surface area contributed by atoms with E-state index in [1.807, 2.05) is 0 Å². The summed E-state index contributed by atoms with van der Waals surface area (Å²) in [5, 5.41) is 3.78. The molecule has 0 aromatic heterocycles. The fourth-order valence-corrected chi connectivity index (χ4v) is 3.17. The second-order valence-electron chi connectivity index (χ2n) is 5.67. The Hall–Kier alpha value is -0.120. The molecule has 3 heteroatoms. The van der Waals surface area contributed by atoms with E-state index in [0.717, 1.165) is 26.2 Å². The molecule has 0 amide bonds. The van der Waals surface area contributed by atoms with Crippen LogP contribution in [0.2, 0.25) is 0 Å². The van der Waals surface area contributed by atoms with Crippen molar-refractivity contribution in [2.75, 3.05) is 19.8 Å². The van der Waals surface area contributed by atoms with Crippen molar-refractivity contribution in [1.82, 2.24) is 5.32 Å². The minimum atomic E-state index is 0.313. The van der Waals surface area contributed by atoms with E-state index in [1.54, 1.807) is 0 Å². The first-order chi connectivity index (χ1) is 8.20. The van der Waals surface area contributed by atoms with Crippen molar-refractivity contribution in [3.05, 3.63) is 0 Å². The largest absolute Gasteiger partial charge is 0.380 e. The van der Waals surface area contributed by atoms with Gasteiger partial charge in [0.1, 0.15) is 0 Å². The second-order valence-corrected chi connectivity index (χ2v) is 5.67. The smallest absolute Gasteiger partial charge is 0.0658 e. The molecule has 0 spiro atoms. The first-order valence-corrected chi connectivity index (χ1v) is 7.16. The molecule has 0 radical (unpaired) electrons. The van der Waals surface area contributed by atoms with Crippen molar-refractivity contribution >= 4 is 0 Å². The molecule has 4 unspecified atom stereocenters. The van der Waals surface area contributed by atoms with Gasteiger partial charge in [0.2, 0.25) is 0 Å². The third-order valence-corrected chi connectivity index (χ3v) is 4.71. The van der Waals surface area contributed by atoms with Gasteiger partial charge in [0.25, 0.3) is 0 Å². The SMILES string of the molecule is CCOC1CC(NC2CCCOC2)C1(C)CC. The molecule has 1 aliphatic heterocycles. The van der Waals surface area contributed by atoms with Crippen molar-refractivity contribution in [3.8, 4) is 0 Å². The van der Waals surface area contributed by atoms with E-state index in [9.17, 15) is 0 Å². The zero-order valence-electron chi connectivity index (χ0n) is 11.5. The monoisotopic (exact) mass is 241 g/mol. The third-order valence-electron chi connectivity index (χ3n) is 4.71. The molecule has 0 aromatic rings. The van der Waals surface area contributed by atoms with Gasteiger partial charge in [-0.05, 0) is 32.6 Å².